The highest BCUT2D eigenvalue weighted by molar-refractivity contribution is 8.14. The molecule has 14 heavy (non-hydrogen) atoms. The Hall–Kier alpha value is -0.800. The number of benzene rings is 1. The number of aliphatic imine (C=N–C) groups is 1. The fourth-order valence-corrected chi connectivity index (χ4v) is 2.41. The molecule has 3 heteroatoms. The molecule has 1 heterocycles. The molecule has 1 aromatic rings. The molecule has 0 bridgehead atoms. The second-order valence-corrected chi connectivity index (χ2v) is 4.41. The molecule has 1 aliphatic rings. The van der Waals surface area contributed by atoms with E-state index in [0.717, 1.165) is 17.2 Å². The summed E-state index contributed by atoms with van der Waals surface area (Å²) in [5, 5.41) is 10.4. The molecular formula is C11H13NOS. The molecule has 1 saturated heterocycles. The van der Waals surface area contributed by atoms with Crippen molar-refractivity contribution in [2.75, 3.05) is 5.75 Å². The van der Waals surface area contributed by atoms with Crippen molar-refractivity contribution in [3.05, 3.63) is 35.9 Å². The molecule has 1 atom stereocenters. The molecule has 1 N–H and O–H groups in total. The van der Waals surface area contributed by atoms with E-state index in [0.29, 0.717) is 6.54 Å². The summed E-state index contributed by atoms with van der Waals surface area (Å²) in [6, 6.07) is 10.1. The minimum Gasteiger partial charge on any atom is -0.386 e. The Morgan fingerprint density at radius 3 is 2.79 bits per heavy atom. The van der Waals surface area contributed by atoms with Gasteiger partial charge in [0.1, 0.15) is 6.10 Å². The number of thioether (sulfide) groups is 1. The van der Waals surface area contributed by atoms with Gasteiger partial charge in [-0.25, -0.2) is 0 Å². The molecule has 0 spiro atoms. The normalized spacial score (nSPS) is 24.4. The first-order valence-electron chi connectivity index (χ1n) is 4.75. The lowest BCUT2D eigenvalue weighted by atomic mass is 10.2. The van der Waals surface area contributed by atoms with E-state index in [-0.39, 0.29) is 6.10 Å². The van der Waals surface area contributed by atoms with Gasteiger partial charge in [0.2, 0.25) is 0 Å². The summed E-state index contributed by atoms with van der Waals surface area (Å²) in [7, 11) is 0. The van der Waals surface area contributed by atoms with Gasteiger partial charge in [0.25, 0.3) is 0 Å². The van der Waals surface area contributed by atoms with E-state index in [2.05, 4.69) is 17.1 Å². The van der Waals surface area contributed by atoms with E-state index in [1.54, 1.807) is 11.8 Å². The number of aliphatic hydroxyl groups excluding tert-OH is 1. The average molecular weight is 207 g/mol. The monoisotopic (exact) mass is 207 g/mol. The van der Waals surface area contributed by atoms with Crippen LogP contribution in [0.4, 0.5) is 0 Å². The fraction of sp³-hybridized carbons (Fsp3) is 0.364. The molecule has 1 aliphatic heterocycles. The average Bonchev–Trinajstić information content (AvgIpc) is 2.63. The lowest BCUT2D eigenvalue weighted by Crippen LogP contribution is -2.10. The SMILES string of the molecule is OC1CCSC1=NCc1ccccc1. The molecule has 0 aromatic heterocycles. The zero-order valence-corrected chi connectivity index (χ0v) is 8.70. The Morgan fingerprint density at radius 2 is 2.14 bits per heavy atom. The molecule has 0 saturated carbocycles. The van der Waals surface area contributed by atoms with Crippen LogP contribution in [0.15, 0.2) is 35.3 Å². The van der Waals surface area contributed by atoms with E-state index in [1.165, 1.54) is 5.56 Å². The Balaban J connectivity index is 1.99. The van der Waals surface area contributed by atoms with Gasteiger partial charge in [0.05, 0.1) is 11.6 Å². The maximum atomic E-state index is 9.52. The zero-order valence-electron chi connectivity index (χ0n) is 7.89. The van der Waals surface area contributed by atoms with Crippen LogP contribution in [0.2, 0.25) is 0 Å². The molecule has 2 nitrogen and oxygen atoms in total. The van der Waals surface area contributed by atoms with Crippen LogP contribution in [-0.4, -0.2) is 22.0 Å². The molecule has 74 valence electrons. The molecule has 1 aromatic carbocycles. The van der Waals surface area contributed by atoms with Crippen molar-refractivity contribution < 1.29 is 5.11 Å². The Morgan fingerprint density at radius 1 is 1.36 bits per heavy atom. The predicted octanol–water partition coefficient (Wildman–Crippen LogP) is 2.08. The summed E-state index contributed by atoms with van der Waals surface area (Å²) >= 11 is 1.67. The van der Waals surface area contributed by atoms with Gasteiger partial charge in [-0.15, -0.1) is 11.8 Å². The summed E-state index contributed by atoms with van der Waals surface area (Å²) in [4.78, 5) is 4.40. The third-order valence-corrected chi connectivity index (χ3v) is 3.32. The Bertz CT molecular complexity index is 323. The fourth-order valence-electron chi connectivity index (χ4n) is 1.40. The van der Waals surface area contributed by atoms with E-state index >= 15 is 0 Å². The van der Waals surface area contributed by atoms with E-state index in [1.807, 2.05) is 18.2 Å². The van der Waals surface area contributed by atoms with Crippen molar-refractivity contribution in [1.82, 2.24) is 0 Å². The van der Waals surface area contributed by atoms with E-state index in [4.69, 9.17) is 0 Å². The summed E-state index contributed by atoms with van der Waals surface area (Å²) in [6.07, 6.45) is 0.530. The van der Waals surface area contributed by atoms with Gasteiger partial charge >= 0.3 is 0 Å². The summed E-state index contributed by atoms with van der Waals surface area (Å²) in [6.45, 7) is 0.681. The maximum Gasteiger partial charge on any atom is 0.102 e. The highest BCUT2D eigenvalue weighted by atomic mass is 32.2. The second-order valence-electron chi connectivity index (χ2n) is 3.29. The molecule has 2 rings (SSSR count). The van der Waals surface area contributed by atoms with Gasteiger partial charge in [-0.3, -0.25) is 4.99 Å². The van der Waals surface area contributed by atoms with Crippen molar-refractivity contribution >= 4 is 16.8 Å². The van der Waals surface area contributed by atoms with Crippen molar-refractivity contribution in [2.45, 2.75) is 19.1 Å². The minimum absolute atomic E-state index is 0.316. The van der Waals surface area contributed by atoms with Gasteiger partial charge in [0, 0.05) is 5.75 Å². The third-order valence-electron chi connectivity index (χ3n) is 2.19. The van der Waals surface area contributed by atoms with Crippen LogP contribution >= 0.6 is 11.8 Å². The first-order valence-corrected chi connectivity index (χ1v) is 5.74. The smallest absolute Gasteiger partial charge is 0.102 e. The first kappa shape index (κ1) is 9.74. The van der Waals surface area contributed by atoms with Gasteiger partial charge < -0.3 is 5.11 Å². The van der Waals surface area contributed by atoms with Crippen molar-refractivity contribution in [1.29, 1.82) is 0 Å². The molecule has 0 aliphatic carbocycles. The van der Waals surface area contributed by atoms with Gasteiger partial charge in [-0.1, -0.05) is 30.3 Å². The molecular weight excluding hydrogens is 194 g/mol. The van der Waals surface area contributed by atoms with Crippen molar-refractivity contribution in [3.63, 3.8) is 0 Å². The van der Waals surface area contributed by atoms with E-state index in [9.17, 15) is 5.11 Å². The zero-order chi connectivity index (χ0) is 9.80. The largest absolute Gasteiger partial charge is 0.386 e. The highest BCUT2D eigenvalue weighted by Gasteiger charge is 2.19. The lowest BCUT2D eigenvalue weighted by molar-refractivity contribution is 0.245. The highest BCUT2D eigenvalue weighted by Crippen LogP contribution is 2.21. The number of rotatable bonds is 2. The molecule has 0 amide bonds. The molecule has 1 fully saturated rings. The maximum absolute atomic E-state index is 9.52. The Labute approximate surface area is 88.1 Å². The molecule has 0 radical (unpaired) electrons. The van der Waals surface area contributed by atoms with Crippen LogP contribution in [-0.2, 0) is 6.54 Å². The summed E-state index contributed by atoms with van der Waals surface area (Å²) in [5.74, 6) is 0.995. The topological polar surface area (TPSA) is 32.6 Å². The van der Waals surface area contributed by atoms with Crippen LogP contribution in [0.1, 0.15) is 12.0 Å². The van der Waals surface area contributed by atoms with Crippen molar-refractivity contribution in [3.8, 4) is 0 Å². The third kappa shape index (κ3) is 2.36. The van der Waals surface area contributed by atoms with Crippen LogP contribution in [0, 0.1) is 0 Å². The Kier molecular flexibility index (Phi) is 3.22. The predicted molar refractivity (Wildman–Crippen MR) is 60.7 cm³/mol. The number of aliphatic hydroxyl groups is 1. The van der Waals surface area contributed by atoms with Crippen LogP contribution in [0.25, 0.3) is 0 Å². The number of hydrogen-bond acceptors (Lipinski definition) is 3. The number of hydrogen-bond donors (Lipinski definition) is 1. The first-order chi connectivity index (χ1) is 6.86. The second kappa shape index (κ2) is 4.62. The van der Waals surface area contributed by atoms with Gasteiger partial charge in [-0.05, 0) is 12.0 Å². The van der Waals surface area contributed by atoms with Crippen molar-refractivity contribution in [2.24, 2.45) is 4.99 Å². The van der Waals surface area contributed by atoms with E-state index < -0.39 is 0 Å². The lowest BCUT2D eigenvalue weighted by Gasteiger charge is -2.01. The van der Waals surface area contributed by atoms with Gasteiger partial charge in [0.15, 0.2) is 0 Å². The van der Waals surface area contributed by atoms with Crippen LogP contribution < -0.4 is 0 Å². The van der Waals surface area contributed by atoms with Crippen LogP contribution in [0.5, 0.6) is 0 Å². The summed E-state index contributed by atoms with van der Waals surface area (Å²) < 4.78 is 0. The standard InChI is InChI=1S/C11H13NOS/c13-10-6-7-14-11(10)12-8-9-4-2-1-3-5-9/h1-5,10,13H,6-8H2. The minimum atomic E-state index is -0.316. The number of nitrogens with zero attached hydrogens (tertiary/aromatic N) is 1. The summed E-state index contributed by atoms with van der Waals surface area (Å²) in [5.41, 5.74) is 1.19. The van der Waals surface area contributed by atoms with Gasteiger partial charge in [-0.2, -0.15) is 0 Å². The molecule has 1 unspecified atom stereocenters. The van der Waals surface area contributed by atoms with Crippen LogP contribution in [0.3, 0.4) is 0 Å². The quantitative estimate of drug-likeness (QED) is 0.805.